The van der Waals surface area contributed by atoms with Crippen LogP contribution in [-0.4, -0.2) is 16.2 Å². The molecule has 0 heterocycles. The second-order valence-corrected chi connectivity index (χ2v) is 4.99. The first kappa shape index (κ1) is 15.7. The van der Waals surface area contributed by atoms with E-state index in [1.165, 1.54) is 6.07 Å². The number of phenols is 1. The maximum atomic E-state index is 10.6. The van der Waals surface area contributed by atoms with E-state index in [0.29, 0.717) is 16.3 Å². The Morgan fingerprint density at radius 1 is 0.955 bits per heavy atom. The van der Waals surface area contributed by atoms with E-state index in [4.69, 9.17) is 27.5 Å². The quantitative estimate of drug-likeness (QED) is 0.589. The molecule has 3 aromatic carbocycles. The molecular formula is C17H14ClNO3. The van der Waals surface area contributed by atoms with E-state index in [1.54, 1.807) is 24.3 Å². The molecule has 5 heteroatoms. The van der Waals surface area contributed by atoms with E-state index < -0.39 is 5.97 Å². The van der Waals surface area contributed by atoms with E-state index in [1.807, 2.05) is 30.3 Å². The van der Waals surface area contributed by atoms with Gasteiger partial charge in [0.05, 0.1) is 10.6 Å². The van der Waals surface area contributed by atoms with Crippen LogP contribution < -0.4 is 5.73 Å². The smallest absolute Gasteiger partial charge is 0.335 e. The van der Waals surface area contributed by atoms with Crippen LogP contribution in [0.25, 0.3) is 10.8 Å². The summed E-state index contributed by atoms with van der Waals surface area (Å²) in [5, 5.41) is 20.0. The van der Waals surface area contributed by atoms with E-state index >= 15 is 0 Å². The van der Waals surface area contributed by atoms with Crippen molar-refractivity contribution in [2.24, 2.45) is 0 Å². The van der Waals surface area contributed by atoms with Crippen molar-refractivity contribution in [3.8, 4) is 5.75 Å². The van der Waals surface area contributed by atoms with E-state index in [2.05, 4.69) is 0 Å². The summed E-state index contributed by atoms with van der Waals surface area (Å²) in [5.41, 5.74) is 6.15. The highest BCUT2D eigenvalue weighted by atomic mass is 35.5. The number of hydrogen-bond acceptors (Lipinski definition) is 3. The van der Waals surface area contributed by atoms with Crippen LogP contribution >= 0.6 is 11.6 Å². The van der Waals surface area contributed by atoms with Crippen molar-refractivity contribution in [3.05, 3.63) is 71.2 Å². The molecule has 0 bridgehead atoms. The normalized spacial score (nSPS) is 9.86. The number of benzene rings is 3. The highest BCUT2D eigenvalue weighted by Gasteiger charge is 2.01. The van der Waals surface area contributed by atoms with Crippen LogP contribution in [0.3, 0.4) is 0 Å². The van der Waals surface area contributed by atoms with Gasteiger partial charge < -0.3 is 15.9 Å². The van der Waals surface area contributed by atoms with Crippen molar-refractivity contribution in [2.45, 2.75) is 0 Å². The zero-order valence-electron chi connectivity index (χ0n) is 11.5. The summed E-state index contributed by atoms with van der Waals surface area (Å²) in [7, 11) is 0. The minimum atomic E-state index is -0.884. The first-order valence-electron chi connectivity index (χ1n) is 6.43. The summed E-state index contributed by atoms with van der Waals surface area (Å²) in [6.07, 6.45) is 0. The highest BCUT2D eigenvalue weighted by Crippen LogP contribution is 2.24. The number of carboxylic acid groups (broad SMARTS) is 1. The van der Waals surface area contributed by atoms with E-state index in [0.717, 1.165) is 10.8 Å². The predicted molar refractivity (Wildman–Crippen MR) is 88.4 cm³/mol. The Morgan fingerprint density at radius 3 is 2.23 bits per heavy atom. The fourth-order valence-corrected chi connectivity index (χ4v) is 1.97. The summed E-state index contributed by atoms with van der Waals surface area (Å²) in [6, 6.07) is 17.4. The van der Waals surface area contributed by atoms with Crippen LogP contribution in [0, 0.1) is 0 Å². The second-order valence-electron chi connectivity index (χ2n) is 4.58. The second kappa shape index (κ2) is 6.83. The first-order chi connectivity index (χ1) is 10.5. The van der Waals surface area contributed by atoms with Gasteiger partial charge in [0.1, 0.15) is 5.75 Å². The van der Waals surface area contributed by atoms with E-state index in [-0.39, 0.29) is 5.75 Å². The van der Waals surface area contributed by atoms with Gasteiger partial charge >= 0.3 is 5.97 Å². The Bertz CT molecular complexity index is 818. The number of carboxylic acids is 1. The molecule has 0 radical (unpaired) electrons. The average Bonchev–Trinajstić information content (AvgIpc) is 2.51. The number of carbonyl (C=O) groups is 1. The molecule has 0 amide bonds. The van der Waals surface area contributed by atoms with Crippen molar-refractivity contribution in [3.63, 3.8) is 0 Å². The Labute approximate surface area is 132 Å². The molecule has 112 valence electrons. The lowest BCUT2D eigenvalue weighted by molar-refractivity contribution is 0.0697. The van der Waals surface area contributed by atoms with Gasteiger partial charge in [-0.15, -0.1) is 0 Å². The number of phenolic OH excluding ortho intramolecular Hbond substituents is 1. The van der Waals surface area contributed by atoms with Crippen LogP contribution in [0.5, 0.6) is 5.75 Å². The van der Waals surface area contributed by atoms with Crippen LogP contribution in [-0.2, 0) is 0 Å². The molecular weight excluding hydrogens is 302 g/mol. The molecule has 0 aliphatic carbocycles. The molecule has 0 unspecified atom stereocenters. The minimum absolute atomic E-state index is 0.0247. The SMILES string of the molecule is Nc1ccc(Cl)c(O)c1.O=C(O)c1ccc2ccccc2c1. The molecule has 0 aliphatic heterocycles. The summed E-state index contributed by atoms with van der Waals surface area (Å²) in [6.45, 7) is 0. The van der Waals surface area contributed by atoms with Crippen molar-refractivity contribution in [1.82, 2.24) is 0 Å². The Hall–Kier alpha value is -2.72. The lowest BCUT2D eigenvalue weighted by atomic mass is 10.1. The Balaban J connectivity index is 0.000000172. The molecule has 0 saturated heterocycles. The molecule has 3 rings (SSSR count). The summed E-state index contributed by atoms with van der Waals surface area (Å²) < 4.78 is 0. The number of halogens is 1. The van der Waals surface area contributed by atoms with Gasteiger partial charge in [-0.1, -0.05) is 41.9 Å². The number of hydrogen-bond donors (Lipinski definition) is 3. The number of nitrogens with two attached hydrogens (primary N) is 1. The molecule has 0 aromatic heterocycles. The van der Waals surface area contributed by atoms with Gasteiger partial charge in [0.15, 0.2) is 0 Å². The Morgan fingerprint density at radius 2 is 1.64 bits per heavy atom. The van der Waals surface area contributed by atoms with Crippen LogP contribution in [0.4, 0.5) is 5.69 Å². The van der Waals surface area contributed by atoms with Crippen molar-refractivity contribution in [1.29, 1.82) is 0 Å². The third-order valence-electron chi connectivity index (χ3n) is 2.97. The topological polar surface area (TPSA) is 83.5 Å². The lowest BCUT2D eigenvalue weighted by Gasteiger charge is -1.98. The van der Waals surface area contributed by atoms with Gasteiger partial charge in [-0.2, -0.15) is 0 Å². The zero-order valence-corrected chi connectivity index (χ0v) is 12.3. The summed E-state index contributed by atoms with van der Waals surface area (Å²) >= 11 is 5.48. The lowest BCUT2D eigenvalue weighted by Crippen LogP contribution is -1.94. The number of aromatic carboxylic acids is 1. The molecule has 4 N–H and O–H groups in total. The molecule has 22 heavy (non-hydrogen) atoms. The van der Waals surface area contributed by atoms with Crippen molar-refractivity contribution >= 4 is 34.0 Å². The molecule has 3 aromatic rings. The number of anilines is 1. The highest BCUT2D eigenvalue weighted by molar-refractivity contribution is 6.32. The molecule has 0 atom stereocenters. The zero-order chi connectivity index (χ0) is 16.1. The number of aromatic hydroxyl groups is 1. The molecule has 0 aliphatic rings. The number of nitrogen functional groups attached to an aromatic ring is 1. The average molecular weight is 316 g/mol. The van der Waals surface area contributed by atoms with Gasteiger partial charge in [-0.3, -0.25) is 0 Å². The van der Waals surface area contributed by atoms with Gasteiger partial charge in [-0.05, 0) is 35.0 Å². The summed E-state index contributed by atoms with van der Waals surface area (Å²) in [5.74, 6) is -0.859. The monoisotopic (exact) mass is 315 g/mol. The molecule has 0 spiro atoms. The largest absolute Gasteiger partial charge is 0.506 e. The Kier molecular flexibility index (Phi) is 4.86. The third kappa shape index (κ3) is 3.90. The van der Waals surface area contributed by atoms with Crippen LogP contribution in [0.1, 0.15) is 10.4 Å². The predicted octanol–water partition coefficient (Wildman–Crippen LogP) is 4.17. The van der Waals surface area contributed by atoms with Gasteiger partial charge in [0, 0.05) is 11.8 Å². The fraction of sp³-hybridized carbons (Fsp3) is 0. The minimum Gasteiger partial charge on any atom is -0.506 e. The summed E-state index contributed by atoms with van der Waals surface area (Å²) in [4.78, 5) is 10.6. The third-order valence-corrected chi connectivity index (χ3v) is 3.29. The number of fused-ring (bicyclic) bond motifs is 1. The molecule has 4 nitrogen and oxygen atoms in total. The molecule has 0 saturated carbocycles. The molecule has 0 fully saturated rings. The van der Waals surface area contributed by atoms with Gasteiger partial charge in [0.25, 0.3) is 0 Å². The van der Waals surface area contributed by atoms with Crippen molar-refractivity contribution in [2.75, 3.05) is 5.73 Å². The van der Waals surface area contributed by atoms with Gasteiger partial charge in [-0.25, -0.2) is 4.79 Å². The number of rotatable bonds is 1. The standard InChI is InChI=1S/C11H8O2.C6H6ClNO/c12-11(13)10-6-5-8-3-1-2-4-9(8)7-10;7-5-2-1-4(8)3-6(5)9/h1-7H,(H,12,13);1-3,9H,8H2. The maximum absolute atomic E-state index is 10.6. The van der Waals surface area contributed by atoms with Gasteiger partial charge in [0.2, 0.25) is 0 Å². The van der Waals surface area contributed by atoms with Crippen molar-refractivity contribution < 1.29 is 15.0 Å². The van der Waals surface area contributed by atoms with Crippen LogP contribution in [0.2, 0.25) is 5.02 Å². The maximum Gasteiger partial charge on any atom is 0.335 e. The van der Waals surface area contributed by atoms with E-state index in [9.17, 15) is 4.79 Å². The first-order valence-corrected chi connectivity index (χ1v) is 6.81. The van der Waals surface area contributed by atoms with Crippen LogP contribution in [0.15, 0.2) is 60.7 Å². The fourth-order valence-electron chi connectivity index (χ4n) is 1.85.